The molecule has 2 aromatic carbocycles. The molecule has 0 atom stereocenters. The molecule has 0 radical (unpaired) electrons. The summed E-state index contributed by atoms with van der Waals surface area (Å²) in [5.74, 6) is -3.60. The third kappa shape index (κ3) is 3.90. The number of benzene rings is 2. The second-order valence-corrected chi connectivity index (χ2v) is 5.46. The van der Waals surface area contributed by atoms with Gasteiger partial charge in [0.05, 0.1) is 17.7 Å². The first-order valence-electron chi connectivity index (χ1n) is 7.54. The molecule has 4 nitrogen and oxygen atoms in total. The number of carbonyl (C=O) groups is 1. The van der Waals surface area contributed by atoms with Crippen molar-refractivity contribution in [2.75, 3.05) is 0 Å². The molecule has 0 spiro atoms. The van der Waals surface area contributed by atoms with Gasteiger partial charge in [0, 0.05) is 24.2 Å². The molecule has 3 rings (SSSR count). The van der Waals surface area contributed by atoms with Crippen LogP contribution in [-0.4, -0.2) is 11.1 Å². The summed E-state index contributed by atoms with van der Waals surface area (Å²) in [5.41, 5.74) is -0.0655. The van der Waals surface area contributed by atoms with Gasteiger partial charge in [-0.2, -0.15) is 0 Å². The van der Waals surface area contributed by atoms with Crippen molar-refractivity contribution in [3.8, 4) is 11.3 Å². The molecular weight excluding hydrogens is 352 g/mol. The van der Waals surface area contributed by atoms with E-state index in [4.69, 9.17) is 4.52 Å². The minimum atomic E-state index is -0.827. The minimum Gasteiger partial charge on any atom is -0.356 e. The van der Waals surface area contributed by atoms with Crippen molar-refractivity contribution in [3.63, 3.8) is 0 Å². The molecular formula is C18H12F4N2O2. The van der Waals surface area contributed by atoms with Crippen LogP contribution in [0.15, 0.2) is 47.0 Å². The Balaban J connectivity index is 1.64. The quantitative estimate of drug-likeness (QED) is 0.702. The van der Waals surface area contributed by atoms with E-state index in [2.05, 4.69) is 10.5 Å². The molecule has 134 valence electrons. The van der Waals surface area contributed by atoms with Gasteiger partial charge in [-0.05, 0) is 24.3 Å². The molecule has 0 aliphatic heterocycles. The highest BCUT2D eigenvalue weighted by Crippen LogP contribution is 2.24. The fourth-order valence-electron chi connectivity index (χ4n) is 2.33. The van der Waals surface area contributed by atoms with Gasteiger partial charge in [-0.25, -0.2) is 17.6 Å². The van der Waals surface area contributed by atoms with Gasteiger partial charge in [0.15, 0.2) is 5.76 Å². The molecule has 0 bridgehead atoms. The standard InChI is InChI=1S/C18H12F4N2O2/c19-10-4-5-12(16(22)6-10)17-7-11(24-26-17)8-18(25)23-9-13-14(20)2-1-3-15(13)21/h1-7H,8-9H2,(H,23,25). The van der Waals surface area contributed by atoms with Crippen LogP contribution in [0, 0.1) is 23.3 Å². The Kier molecular flexibility index (Phi) is 5.01. The summed E-state index contributed by atoms with van der Waals surface area (Å²) in [5, 5.41) is 6.01. The van der Waals surface area contributed by atoms with Gasteiger partial charge in [0.25, 0.3) is 0 Å². The molecule has 0 saturated heterocycles. The molecule has 8 heteroatoms. The third-order valence-corrected chi connectivity index (χ3v) is 3.62. The second kappa shape index (κ2) is 7.38. The summed E-state index contributed by atoms with van der Waals surface area (Å²) in [4.78, 5) is 11.9. The van der Waals surface area contributed by atoms with Crippen LogP contribution < -0.4 is 5.32 Å². The number of hydrogen-bond acceptors (Lipinski definition) is 3. The van der Waals surface area contributed by atoms with E-state index in [-0.39, 0.29) is 35.5 Å². The first kappa shape index (κ1) is 17.7. The van der Waals surface area contributed by atoms with Crippen molar-refractivity contribution in [2.24, 2.45) is 0 Å². The van der Waals surface area contributed by atoms with Crippen LogP contribution in [0.2, 0.25) is 0 Å². The van der Waals surface area contributed by atoms with Crippen molar-refractivity contribution in [1.29, 1.82) is 0 Å². The summed E-state index contributed by atoms with van der Waals surface area (Å²) in [6.45, 7) is -0.325. The van der Waals surface area contributed by atoms with Gasteiger partial charge in [0.2, 0.25) is 5.91 Å². The molecule has 1 aromatic heterocycles. The first-order chi connectivity index (χ1) is 12.4. The smallest absolute Gasteiger partial charge is 0.226 e. The highest BCUT2D eigenvalue weighted by atomic mass is 19.1. The molecule has 0 aliphatic rings. The van der Waals surface area contributed by atoms with Gasteiger partial charge in [-0.1, -0.05) is 11.2 Å². The molecule has 1 amide bonds. The van der Waals surface area contributed by atoms with E-state index in [1.165, 1.54) is 18.2 Å². The number of halogens is 4. The maximum atomic E-state index is 13.7. The SMILES string of the molecule is O=C(Cc1cc(-c2ccc(F)cc2F)on1)NCc1c(F)cccc1F. The average Bonchev–Trinajstić information content (AvgIpc) is 3.02. The molecule has 0 saturated carbocycles. The van der Waals surface area contributed by atoms with Crippen LogP contribution in [-0.2, 0) is 17.8 Å². The summed E-state index contributed by atoms with van der Waals surface area (Å²) >= 11 is 0. The molecule has 0 aliphatic carbocycles. The lowest BCUT2D eigenvalue weighted by Gasteiger charge is -2.06. The van der Waals surface area contributed by atoms with E-state index in [9.17, 15) is 22.4 Å². The van der Waals surface area contributed by atoms with Gasteiger partial charge in [0.1, 0.15) is 23.3 Å². The van der Waals surface area contributed by atoms with E-state index in [0.29, 0.717) is 6.07 Å². The number of nitrogens with one attached hydrogen (secondary N) is 1. The number of hydrogen-bond donors (Lipinski definition) is 1. The fraction of sp³-hybridized carbons (Fsp3) is 0.111. The Labute approximate surface area is 145 Å². The van der Waals surface area contributed by atoms with Gasteiger partial charge in [-0.15, -0.1) is 0 Å². The molecule has 26 heavy (non-hydrogen) atoms. The van der Waals surface area contributed by atoms with E-state index in [0.717, 1.165) is 18.2 Å². The Morgan fingerprint density at radius 2 is 1.73 bits per heavy atom. The minimum absolute atomic E-state index is 0.000939. The molecule has 0 fully saturated rings. The van der Waals surface area contributed by atoms with Crippen LogP contribution >= 0.6 is 0 Å². The molecule has 3 aromatic rings. The number of rotatable bonds is 5. The van der Waals surface area contributed by atoms with E-state index >= 15 is 0 Å². The highest BCUT2D eigenvalue weighted by molar-refractivity contribution is 5.78. The summed E-state index contributed by atoms with van der Waals surface area (Å²) in [6.07, 6.45) is -0.234. The lowest BCUT2D eigenvalue weighted by atomic mass is 10.1. The number of nitrogens with zero attached hydrogens (tertiary/aromatic N) is 1. The number of amides is 1. The fourth-order valence-corrected chi connectivity index (χ4v) is 2.33. The zero-order valence-electron chi connectivity index (χ0n) is 13.2. The first-order valence-corrected chi connectivity index (χ1v) is 7.54. The summed E-state index contributed by atoms with van der Waals surface area (Å²) < 4.78 is 58.6. The third-order valence-electron chi connectivity index (χ3n) is 3.62. The lowest BCUT2D eigenvalue weighted by Crippen LogP contribution is -2.25. The zero-order chi connectivity index (χ0) is 18.7. The normalized spacial score (nSPS) is 10.8. The lowest BCUT2D eigenvalue weighted by molar-refractivity contribution is -0.120. The van der Waals surface area contributed by atoms with Crippen LogP contribution in [0.4, 0.5) is 17.6 Å². The van der Waals surface area contributed by atoms with Gasteiger partial charge < -0.3 is 9.84 Å². The van der Waals surface area contributed by atoms with Crippen LogP contribution in [0.5, 0.6) is 0 Å². The zero-order valence-corrected chi connectivity index (χ0v) is 13.2. The van der Waals surface area contributed by atoms with Crippen molar-refractivity contribution >= 4 is 5.91 Å². The molecule has 0 unspecified atom stereocenters. The predicted octanol–water partition coefficient (Wildman–Crippen LogP) is 3.76. The monoisotopic (exact) mass is 364 g/mol. The molecule has 1 heterocycles. The largest absolute Gasteiger partial charge is 0.356 e. The maximum absolute atomic E-state index is 13.7. The van der Waals surface area contributed by atoms with Crippen molar-refractivity contribution in [1.82, 2.24) is 10.5 Å². The predicted molar refractivity (Wildman–Crippen MR) is 83.8 cm³/mol. The van der Waals surface area contributed by atoms with E-state index < -0.39 is 29.2 Å². The van der Waals surface area contributed by atoms with Crippen molar-refractivity contribution < 1.29 is 26.9 Å². The van der Waals surface area contributed by atoms with Gasteiger partial charge in [-0.3, -0.25) is 4.79 Å². The summed E-state index contributed by atoms with van der Waals surface area (Å²) in [7, 11) is 0. The topological polar surface area (TPSA) is 55.1 Å². The van der Waals surface area contributed by atoms with Crippen LogP contribution in [0.25, 0.3) is 11.3 Å². The van der Waals surface area contributed by atoms with E-state index in [1.807, 2.05) is 0 Å². The Bertz CT molecular complexity index is 936. The average molecular weight is 364 g/mol. The summed E-state index contributed by atoms with van der Waals surface area (Å²) in [6, 6.07) is 7.69. The number of aromatic nitrogens is 1. The van der Waals surface area contributed by atoms with Crippen molar-refractivity contribution in [3.05, 3.63) is 77.0 Å². The van der Waals surface area contributed by atoms with Crippen molar-refractivity contribution in [2.45, 2.75) is 13.0 Å². The molecule has 1 N–H and O–H groups in total. The Morgan fingerprint density at radius 1 is 1.00 bits per heavy atom. The second-order valence-electron chi connectivity index (χ2n) is 5.46. The van der Waals surface area contributed by atoms with Crippen LogP contribution in [0.1, 0.15) is 11.3 Å². The number of carbonyl (C=O) groups excluding carboxylic acids is 1. The van der Waals surface area contributed by atoms with E-state index in [1.54, 1.807) is 0 Å². The van der Waals surface area contributed by atoms with Gasteiger partial charge >= 0.3 is 0 Å². The van der Waals surface area contributed by atoms with Crippen LogP contribution in [0.3, 0.4) is 0 Å². The Morgan fingerprint density at radius 3 is 2.42 bits per heavy atom. The maximum Gasteiger partial charge on any atom is 0.226 e. The highest BCUT2D eigenvalue weighted by Gasteiger charge is 2.15. The Hall–Kier alpha value is -3.16.